The largest absolute Gasteiger partial charge is 0.497 e. The Hall–Kier alpha value is -2.57. The second-order valence-electron chi connectivity index (χ2n) is 7.08. The van der Waals surface area contributed by atoms with Gasteiger partial charge in [0.2, 0.25) is 5.91 Å². The van der Waals surface area contributed by atoms with Gasteiger partial charge in [0.15, 0.2) is 0 Å². The standard InChI is InChI=1S/C20H29N3O4/c1-5-15(6-2)21-17(24)13-23-18(25)20(3,22-19(23)26)12-11-14-7-9-16(27-4)10-8-14/h7-10,15H,5-6,11-13H2,1-4H3,(H,21,24)(H,22,26). The number of hydrogen-bond acceptors (Lipinski definition) is 4. The molecule has 0 saturated carbocycles. The van der Waals surface area contributed by atoms with Gasteiger partial charge in [-0.3, -0.25) is 14.5 Å². The third-order valence-corrected chi connectivity index (χ3v) is 5.07. The number of nitrogens with one attached hydrogen (secondary N) is 2. The summed E-state index contributed by atoms with van der Waals surface area (Å²) in [7, 11) is 1.61. The van der Waals surface area contributed by atoms with Gasteiger partial charge in [0.25, 0.3) is 5.91 Å². The second kappa shape index (κ2) is 8.88. The van der Waals surface area contributed by atoms with Crippen molar-refractivity contribution < 1.29 is 19.1 Å². The third-order valence-electron chi connectivity index (χ3n) is 5.07. The van der Waals surface area contributed by atoms with Crippen molar-refractivity contribution in [3.8, 4) is 5.75 Å². The van der Waals surface area contributed by atoms with Gasteiger partial charge in [-0.2, -0.15) is 0 Å². The lowest BCUT2D eigenvalue weighted by Gasteiger charge is -2.22. The lowest BCUT2D eigenvalue weighted by Crippen LogP contribution is -2.46. The molecule has 2 rings (SSSR count). The highest BCUT2D eigenvalue weighted by molar-refractivity contribution is 6.08. The van der Waals surface area contributed by atoms with Crippen LogP contribution in [0.15, 0.2) is 24.3 Å². The molecule has 1 aromatic rings. The molecule has 1 heterocycles. The van der Waals surface area contributed by atoms with E-state index in [1.54, 1.807) is 14.0 Å². The van der Waals surface area contributed by atoms with Crippen LogP contribution in [-0.4, -0.2) is 48.0 Å². The van der Waals surface area contributed by atoms with Gasteiger partial charge in [-0.15, -0.1) is 0 Å². The summed E-state index contributed by atoms with van der Waals surface area (Å²) < 4.78 is 5.14. The summed E-state index contributed by atoms with van der Waals surface area (Å²) in [6.45, 7) is 5.42. The zero-order valence-electron chi connectivity index (χ0n) is 16.5. The van der Waals surface area contributed by atoms with E-state index in [-0.39, 0.29) is 24.4 Å². The van der Waals surface area contributed by atoms with E-state index in [4.69, 9.17) is 4.74 Å². The molecular weight excluding hydrogens is 346 g/mol. The van der Waals surface area contributed by atoms with Crippen LogP contribution in [0.3, 0.4) is 0 Å². The van der Waals surface area contributed by atoms with E-state index in [0.717, 1.165) is 29.1 Å². The van der Waals surface area contributed by atoms with Crippen molar-refractivity contribution >= 4 is 17.8 Å². The molecule has 1 aromatic carbocycles. The normalized spacial score (nSPS) is 19.4. The Balaban J connectivity index is 1.97. The van der Waals surface area contributed by atoms with Crippen molar-refractivity contribution in [3.05, 3.63) is 29.8 Å². The highest BCUT2D eigenvalue weighted by Gasteiger charge is 2.47. The molecule has 0 aromatic heterocycles. The number of aryl methyl sites for hydroxylation is 1. The van der Waals surface area contributed by atoms with Crippen LogP contribution in [0.2, 0.25) is 0 Å². The number of nitrogens with zero attached hydrogens (tertiary/aromatic N) is 1. The fourth-order valence-corrected chi connectivity index (χ4v) is 3.16. The first-order chi connectivity index (χ1) is 12.8. The van der Waals surface area contributed by atoms with E-state index in [0.29, 0.717) is 12.8 Å². The molecule has 0 radical (unpaired) electrons. The molecule has 4 amide bonds. The molecule has 27 heavy (non-hydrogen) atoms. The fourth-order valence-electron chi connectivity index (χ4n) is 3.16. The number of ether oxygens (including phenoxy) is 1. The summed E-state index contributed by atoms with van der Waals surface area (Å²) in [5.41, 5.74) is 0.0376. The van der Waals surface area contributed by atoms with Gasteiger partial charge in [0.05, 0.1) is 7.11 Å². The Morgan fingerprint density at radius 3 is 2.41 bits per heavy atom. The van der Waals surface area contributed by atoms with Gasteiger partial charge in [-0.1, -0.05) is 26.0 Å². The molecule has 1 saturated heterocycles. The van der Waals surface area contributed by atoms with Crippen LogP contribution < -0.4 is 15.4 Å². The van der Waals surface area contributed by atoms with Crippen molar-refractivity contribution in [2.45, 2.75) is 58.0 Å². The zero-order chi connectivity index (χ0) is 20.0. The lowest BCUT2D eigenvalue weighted by atomic mass is 9.93. The first-order valence-corrected chi connectivity index (χ1v) is 9.39. The molecule has 2 N–H and O–H groups in total. The van der Waals surface area contributed by atoms with Gasteiger partial charge in [0, 0.05) is 6.04 Å². The van der Waals surface area contributed by atoms with Crippen LogP contribution in [0, 0.1) is 0 Å². The molecule has 0 bridgehead atoms. The predicted octanol–water partition coefficient (Wildman–Crippen LogP) is 2.24. The van der Waals surface area contributed by atoms with Gasteiger partial charge >= 0.3 is 6.03 Å². The van der Waals surface area contributed by atoms with Gasteiger partial charge < -0.3 is 15.4 Å². The van der Waals surface area contributed by atoms with Crippen molar-refractivity contribution in [2.75, 3.05) is 13.7 Å². The van der Waals surface area contributed by atoms with E-state index >= 15 is 0 Å². The molecule has 1 atom stereocenters. The van der Waals surface area contributed by atoms with Gasteiger partial charge in [-0.25, -0.2) is 4.79 Å². The summed E-state index contributed by atoms with van der Waals surface area (Å²) >= 11 is 0. The van der Waals surface area contributed by atoms with Gasteiger partial charge in [-0.05, 0) is 50.3 Å². The average Bonchev–Trinajstić information content (AvgIpc) is 2.88. The molecule has 1 aliphatic rings. The summed E-state index contributed by atoms with van der Waals surface area (Å²) in [4.78, 5) is 38.2. The smallest absolute Gasteiger partial charge is 0.325 e. The number of urea groups is 1. The molecule has 148 valence electrons. The number of rotatable bonds is 9. The zero-order valence-corrected chi connectivity index (χ0v) is 16.5. The van der Waals surface area contributed by atoms with E-state index in [9.17, 15) is 14.4 Å². The summed E-state index contributed by atoms with van der Waals surface area (Å²) in [6, 6.07) is 7.13. The maximum atomic E-state index is 12.8. The summed E-state index contributed by atoms with van der Waals surface area (Å²) in [5, 5.41) is 5.60. The fraction of sp³-hybridized carbons (Fsp3) is 0.550. The molecule has 7 heteroatoms. The molecule has 1 unspecified atom stereocenters. The van der Waals surface area contributed by atoms with Crippen LogP contribution in [0.1, 0.15) is 45.6 Å². The Morgan fingerprint density at radius 1 is 1.22 bits per heavy atom. The van der Waals surface area contributed by atoms with Crippen molar-refractivity contribution in [2.24, 2.45) is 0 Å². The number of imide groups is 1. The predicted molar refractivity (Wildman–Crippen MR) is 102 cm³/mol. The lowest BCUT2D eigenvalue weighted by molar-refractivity contribution is -0.135. The van der Waals surface area contributed by atoms with Crippen molar-refractivity contribution in [3.63, 3.8) is 0 Å². The number of amides is 4. The highest BCUT2D eigenvalue weighted by Crippen LogP contribution is 2.24. The Bertz CT molecular complexity index is 685. The Kier molecular flexibility index (Phi) is 6.82. The number of carbonyl (C=O) groups is 3. The number of carbonyl (C=O) groups excluding carboxylic acids is 3. The monoisotopic (exact) mass is 375 g/mol. The van der Waals surface area contributed by atoms with E-state index in [2.05, 4.69) is 10.6 Å². The Morgan fingerprint density at radius 2 is 1.85 bits per heavy atom. The molecule has 0 aliphatic carbocycles. The average molecular weight is 375 g/mol. The van der Waals surface area contributed by atoms with Crippen LogP contribution in [-0.2, 0) is 16.0 Å². The van der Waals surface area contributed by atoms with E-state index < -0.39 is 11.6 Å². The van der Waals surface area contributed by atoms with Crippen LogP contribution in [0.5, 0.6) is 5.75 Å². The molecule has 1 fully saturated rings. The quantitative estimate of drug-likeness (QED) is 0.648. The maximum Gasteiger partial charge on any atom is 0.325 e. The second-order valence-corrected chi connectivity index (χ2v) is 7.08. The minimum Gasteiger partial charge on any atom is -0.497 e. The highest BCUT2D eigenvalue weighted by atomic mass is 16.5. The molecule has 7 nitrogen and oxygen atoms in total. The minimum absolute atomic E-state index is 0.0553. The summed E-state index contributed by atoms with van der Waals surface area (Å²) in [5.74, 6) is 0.0946. The summed E-state index contributed by atoms with van der Waals surface area (Å²) in [6.07, 6.45) is 2.69. The van der Waals surface area contributed by atoms with Crippen LogP contribution >= 0.6 is 0 Å². The number of methoxy groups -OCH3 is 1. The first kappa shape index (κ1) is 20.7. The van der Waals surface area contributed by atoms with E-state index in [1.165, 1.54) is 0 Å². The van der Waals surface area contributed by atoms with Crippen LogP contribution in [0.25, 0.3) is 0 Å². The van der Waals surface area contributed by atoms with Gasteiger partial charge in [0.1, 0.15) is 17.8 Å². The minimum atomic E-state index is -1.01. The molecular formula is C20H29N3O4. The first-order valence-electron chi connectivity index (χ1n) is 9.39. The maximum absolute atomic E-state index is 12.8. The van der Waals surface area contributed by atoms with Crippen LogP contribution in [0.4, 0.5) is 4.79 Å². The molecule has 1 aliphatic heterocycles. The third kappa shape index (κ3) is 4.99. The van der Waals surface area contributed by atoms with Crippen molar-refractivity contribution in [1.82, 2.24) is 15.5 Å². The number of benzene rings is 1. The molecule has 0 spiro atoms. The Labute approximate surface area is 160 Å². The van der Waals surface area contributed by atoms with Crippen molar-refractivity contribution in [1.29, 1.82) is 0 Å². The van der Waals surface area contributed by atoms with E-state index in [1.807, 2.05) is 38.1 Å². The SMILES string of the molecule is CCC(CC)NC(=O)CN1C(=O)NC(C)(CCc2ccc(OC)cc2)C1=O. The topological polar surface area (TPSA) is 87.7 Å². The number of hydrogen-bond donors (Lipinski definition) is 2.